The molecule has 4 rings (SSSR count). The van der Waals surface area contributed by atoms with Crippen molar-refractivity contribution in [3.05, 3.63) is 71.8 Å². The highest BCUT2D eigenvalue weighted by Gasteiger charge is 2.09. The van der Waals surface area contributed by atoms with Crippen LogP contribution in [0.2, 0.25) is 0 Å². The van der Waals surface area contributed by atoms with Gasteiger partial charge < -0.3 is 5.32 Å². The summed E-state index contributed by atoms with van der Waals surface area (Å²) in [5, 5.41) is 6.95. The molecule has 108 valence electrons. The minimum absolute atomic E-state index is 0.803. The lowest BCUT2D eigenvalue weighted by molar-refractivity contribution is 1.14. The highest BCUT2D eigenvalue weighted by Crippen LogP contribution is 2.33. The molecule has 1 N–H and O–H groups in total. The van der Waals surface area contributed by atoms with Crippen LogP contribution in [0.25, 0.3) is 21.0 Å². The predicted molar refractivity (Wildman–Crippen MR) is 95.6 cm³/mol. The molecule has 0 amide bonds. The number of nitrogens with zero attached hydrogens (tertiary/aromatic N) is 1. The van der Waals surface area contributed by atoms with Crippen LogP contribution in [0.1, 0.15) is 11.1 Å². The molecule has 22 heavy (non-hydrogen) atoms. The van der Waals surface area contributed by atoms with E-state index in [-0.39, 0.29) is 0 Å². The summed E-state index contributed by atoms with van der Waals surface area (Å²) < 4.78 is 1.24. The Morgan fingerprint density at radius 1 is 0.955 bits per heavy atom. The number of anilines is 1. The van der Waals surface area contributed by atoms with E-state index in [0.29, 0.717) is 0 Å². The number of nitrogens with one attached hydrogen (secondary N) is 1. The molecule has 3 heteroatoms. The monoisotopic (exact) mass is 304 g/mol. The largest absolute Gasteiger partial charge is 0.357 e. The van der Waals surface area contributed by atoms with Gasteiger partial charge in [0.05, 0.1) is 10.2 Å². The minimum atomic E-state index is 0.803. The molecular formula is C19H16N2S. The maximum atomic E-state index is 4.80. The molecule has 4 aromatic rings. The molecule has 0 saturated heterocycles. The second kappa shape index (κ2) is 5.43. The van der Waals surface area contributed by atoms with Crippen LogP contribution in [-0.4, -0.2) is 4.98 Å². The molecule has 0 aliphatic heterocycles. The first kappa shape index (κ1) is 13.3. The van der Waals surface area contributed by atoms with Crippen LogP contribution >= 0.6 is 11.3 Å². The molecule has 0 spiro atoms. The molecule has 1 heterocycles. The number of hydrogen-bond donors (Lipinski definition) is 1. The average Bonchev–Trinajstić information content (AvgIpc) is 2.97. The highest BCUT2D eigenvalue weighted by molar-refractivity contribution is 7.22. The second-order valence-electron chi connectivity index (χ2n) is 5.44. The van der Waals surface area contributed by atoms with Gasteiger partial charge in [0, 0.05) is 11.9 Å². The van der Waals surface area contributed by atoms with Crippen molar-refractivity contribution >= 4 is 37.5 Å². The third-order valence-corrected chi connectivity index (χ3v) is 4.85. The highest BCUT2D eigenvalue weighted by atomic mass is 32.1. The van der Waals surface area contributed by atoms with E-state index in [1.165, 1.54) is 26.6 Å². The smallest absolute Gasteiger partial charge is 0.184 e. The molecule has 0 aliphatic rings. The third kappa shape index (κ3) is 2.34. The molecule has 2 nitrogen and oxygen atoms in total. The van der Waals surface area contributed by atoms with E-state index >= 15 is 0 Å². The van der Waals surface area contributed by atoms with Crippen molar-refractivity contribution in [2.45, 2.75) is 13.5 Å². The predicted octanol–water partition coefficient (Wildman–Crippen LogP) is 5.37. The summed E-state index contributed by atoms with van der Waals surface area (Å²) in [4.78, 5) is 4.80. The van der Waals surface area contributed by atoms with Crippen molar-refractivity contribution < 1.29 is 0 Å². The number of aromatic nitrogens is 1. The van der Waals surface area contributed by atoms with Crippen molar-refractivity contribution in [1.29, 1.82) is 0 Å². The Hall–Kier alpha value is -2.39. The van der Waals surface area contributed by atoms with Crippen molar-refractivity contribution in [3.8, 4) is 0 Å². The van der Waals surface area contributed by atoms with Gasteiger partial charge in [-0.25, -0.2) is 4.98 Å². The van der Waals surface area contributed by atoms with Gasteiger partial charge in [-0.3, -0.25) is 0 Å². The van der Waals surface area contributed by atoms with Crippen molar-refractivity contribution in [2.75, 3.05) is 5.32 Å². The maximum Gasteiger partial charge on any atom is 0.184 e. The molecule has 1 aromatic heterocycles. The Morgan fingerprint density at radius 3 is 2.50 bits per heavy atom. The van der Waals surface area contributed by atoms with Crippen molar-refractivity contribution in [3.63, 3.8) is 0 Å². The lowest BCUT2D eigenvalue weighted by Crippen LogP contribution is -1.98. The van der Waals surface area contributed by atoms with Gasteiger partial charge in [0.2, 0.25) is 0 Å². The lowest BCUT2D eigenvalue weighted by atomic mass is 10.0. The maximum absolute atomic E-state index is 4.80. The summed E-state index contributed by atoms with van der Waals surface area (Å²) in [5.41, 5.74) is 3.67. The van der Waals surface area contributed by atoms with Gasteiger partial charge in [0.25, 0.3) is 0 Å². The van der Waals surface area contributed by atoms with Crippen molar-refractivity contribution in [1.82, 2.24) is 4.98 Å². The normalized spacial score (nSPS) is 11.1. The van der Waals surface area contributed by atoms with E-state index < -0.39 is 0 Å². The fourth-order valence-electron chi connectivity index (χ4n) is 2.78. The van der Waals surface area contributed by atoms with E-state index in [4.69, 9.17) is 4.98 Å². The average molecular weight is 304 g/mol. The molecule has 0 atom stereocenters. The van der Waals surface area contributed by atoms with Gasteiger partial charge in [0.1, 0.15) is 0 Å². The van der Waals surface area contributed by atoms with Gasteiger partial charge in [0.15, 0.2) is 5.13 Å². The van der Waals surface area contributed by atoms with Gasteiger partial charge in [-0.15, -0.1) is 0 Å². The number of thiazole rings is 1. The Kier molecular flexibility index (Phi) is 3.28. The van der Waals surface area contributed by atoms with Crippen LogP contribution in [0.4, 0.5) is 5.13 Å². The van der Waals surface area contributed by atoms with Crippen LogP contribution < -0.4 is 5.32 Å². The van der Waals surface area contributed by atoms with Crippen molar-refractivity contribution in [2.24, 2.45) is 0 Å². The molecule has 0 saturated carbocycles. The second-order valence-corrected chi connectivity index (χ2v) is 6.47. The van der Waals surface area contributed by atoms with Gasteiger partial charge >= 0.3 is 0 Å². The van der Waals surface area contributed by atoms with Crippen LogP contribution in [-0.2, 0) is 6.54 Å². The van der Waals surface area contributed by atoms with E-state index in [9.17, 15) is 0 Å². The molecule has 0 aliphatic carbocycles. The quantitative estimate of drug-likeness (QED) is 0.550. The first-order chi connectivity index (χ1) is 10.8. The van der Waals surface area contributed by atoms with E-state index in [2.05, 4.69) is 66.8 Å². The van der Waals surface area contributed by atoms with Gasteiger partial charge in [-0.2, -0.15) is 0 Å². The molecular weight excluding hydrogens is 288 g/mol. The van der Waals surface area contributed by atoms with E-state index in [1.54, 1.807) is 11.3 Å². The molecule has 0 radical (unpaired) electrons. The molecule has 3 aromatic carbocycles. The Labute approximate surface area is 133 Å². The Morgan fingerprint density at radius 2 is 1.68 bits per heavy atom. The lowest BCUT2D eigenvalue weighted by Gasteiger charge is -2.02. The van der Waals surface area contributed by atoms with Gasteiger partial charge in [-0.05, 0) is 29.5 Å². The standard InChI is InChI=1S/C19H16N2S/c1-13-11-17-18(16-10-6-5-9-15(13)16)21-19(22-17)20-12-14-7-3-2-4-8-14/h2-11H,12H2,1H3,(H,20,21). The van der Waals surface area contributed by atoms with E-state index in [0.717, 1.165) is 17.2 Å². The van der Waals surface area contributed by atoms with Crippen LogP contribution in [0, 0.1) is 6.92 Å². The van der Waals surface area contributed by atoms with Crippen LogP contribution in [0.15, 0.2) is 60.7 Å². The van der Waals surface area contributed by atoms with Crippen LogP contribution in [0.3, 0.4) is 0 Å². The topological polar surface area (TPSA) is 24.9 Å². The Balaban J connectivity index is 1.73. The summed E-state index contributed by atoms with van der Waals surface area (Å²) in [5.74, 6) is 0. The first-order valence-corrected chi connectivity index (χ1v) is 8.19. The fraction of sp³-hybridized carbons (Fsp3) is 0.105. The summed E-state index contributed by atoms with van der Waals surface area (Å²) in [6.45, 7) is 2.97. The molecule has 0 unspecified atom stereocenters. The third-order valence-electron chi connectivity index (χ3n) is 3.89. The summed E-state index contributed by atoms with van der Waals surface area (Å²) >= 11 is 1.72. The molecule has 0 fully saturated rings. The molecule has 0 bridgehead atoms. The number of rotatable bonds is 3. The number of benzene rings is 3. The summed E-state index contributed by atoms with van der Waals surface area (Å²) in [7, 11) is 0. The fourth-order valence-corrected chi connectivity index (χ4v) is 3.76. The minimum Gasteiger partial charge on any atom is -0.357 e. The number of hydrogen-bond acceptors (Lipinski definition) is 3. The zero-order chi connectivity index (χ0) is 14.9. The number of aryl methyl sites for hydroxylation is 1. The first-order valence-electron chi connectivity index (χ1n) is 7.38. The van der Waals surface area contributed by atoms with Crippen LogP contribution in [0.5, 0.6) is 0 Å². The number of fused-ring (bicyclic) bond motifs is 3. The van der Waals surface area contributed by atoms with Gasteiger partial charge in [-0.1, -0.05) is 65.9 Å². The van der Waals surface area contributed by atoms with E-state index in [1.807, 2.05) is 6.07 Å². The summed E-state index contributed by atoms with van der Waals surface area (Å²) in [6.07, 6.45) is 0. The zero-order valence-corrected chi connectivity index (χ0v) is 13.2. The Bertz CT molecular complexity index is 942. The SMILES string of the molecule is Cc1cc2sc(NCc3ccccc3)nc2c2ccccc12. The zero-order valence-electron chi connectivity index (χ0n) is 12.3. The summed E-state index contributed by atoms with van der Waals surface area (Å²) in [6, 6.07) is 21.1.